The summed E-state index contributed by atoms with van der Waals surface area (Å²) in [6.45, 7) is 6.09. The first-order chi connectivity index (χ1) is 11.1. The van der Waals surface area contributed by atoms with E-state index in [0.29, 0.717) is 5.58 Å². The summed E-state index contributed by atoms with van der Waals surface area (Å²) in [7, 11) is 0. The molecule has 0 amide bonds. The number of aryl methyl sites for hydroxylation is 2. The number of rotatable bonds is 1. The summed E-state index contributed by atoms with van der Waals surface area (Å²) in [5.74, 6) is -1.24. The van der Waals surface area contributed by atoms with Crippen LogP contribution in [0.4, 0.5) is 5.69 Å². The molecular weight excluding hydrogens is 294 g/mol. The molecule has 23 heavy (non-hydrogen) atoms. The number of aromatic carboxylic acids is 1. The number of carboxylic acid groups (broad SMARTS) is 1. The number of carbonyl (C=O) groups is 1. The van der Waals surface area contributed by atoms with Gasteiger partial charge in [-0.2, -0.15) is 0 Å². The van der Waals surface area contributed by atoms with Crippen molar-refractivity contribution in [2.45, 2.75) is 39.5 Å². The Morgan fingerprint density at radius 1 is 1.17 bits per heavy atom. The lowest BCUT2D eigenvalue weighted by molar-refractivity contribution is 0.0692. The predicted octanol–water partition coefficient (Wildman–Crippen LogP) is 3.22. The maximum Gasteiger partial charge on any atom is 0.351 e. The minimum Gasteiger partial charge on any atom is -0.477 e. The lowest BCUT2D eigenvalue weighted by atomic mass is 9.90. The lowest BCUT2D eigenvalue weighted by Gasteiger charge is -2.37. The zero-order valence-electron chi connectivity index (χ0n) is 13.5. The third-order valence-corrected chi connectivity index (χ3v) is 4.45. The van der Waals surface area contributed by atoms with Crippen LogP contribution in [0.1, 0.15) is 48.2 Å². The average molecular weight is 315 g/mol. The Morgan fingerprint density at radius 2 is 1.87 bits per heavy atom. The smallest absolute Gasteiger partial charge is 0.351 e. The Balaban J connectivity index is 0.000000753. The molecule has 0 bridgehead atoms. The van der Waals surface area contributed by atoms with Gasteiger partial charge < -0.3 is 14.4 Å². The van der Waals surface area contributed by atoms with E-state index < -0.39 is 11.6 Å². The highest BCUT2D eigenvalue weighted by Gasteiger charge is 2.27. The Bertz CT molecular complexity index is 820. The zero-order chi connectivity index (χ0) is 16.6. The normalized spacial score (nSPS) is 15.7. The van der Waals surface area contributed by atoms with Crippen LogP contribution in [0.3, 0.4) is 0 Å². The van der Waals surface area contributed by atoms with Crippen LogP contribution in [0, 0.1) is 0 Å². The van der Waals surface area contributed by atoms with Crippen LogP contribution in [0.2, 0.25) is 0 Å². The second kappa shape index (κ2) is 6.07. The van der Waals surface area contributed by atoms with Gasteiger partial charge in [0.2, 0.25) is 0 Å². The van der Waals surface area contributed by atoms with Gasteiger partial charge in [0.25, 0.3) is 0 Å². The van der Waals surface area contributed by atoms with E-state index in [1.54, 1.807) is 0 Å². The van der Waals surface area contributed by atoms with Gasteiger partial charge in [0.1, 0.15) is 11.1 Å². The summed E-state index contributed by atoms with van der Waals surface area (Å²) >= 11 is 0. The monoisotopic (exact) mass is 315 g/mol. The van der Waals surface area contributed by atoms with E-state index in [4.69, 9.17) is 9.52 Å². The van der Waals surface area contributed by atoms with E-state index in [1.807, 2.05) is 19.9 Å². The number of hydrogen-bond acceptors (Lipinski definition) is 4. The molecule has 1 aromatic heterocycles. The number of benzene rings is 1. The molecule has 0 atom stereocenters. The van der Waals surface area contributed by atoms with E-state index in [-0.39, 0.29) is 5.56 Å². The van der Waals surface area contributed by atoms with Crippen molar-refractivity contribution in [1.82, 2.24) is 0 Å². The summed E-state index contributed by atoms with van der Waals surface area (Å²) in [6, 6.07) is 3.44. The van der Waals surface area contributed by atoms with Gasteiger partial charge in [-0.3, -0.25) is 0 Å². The van der Waals surface area contributed by atoms with Gasteiger partial charge in [-0.15, -0.1) is 0 Å². The van der Waals surface area contributed by atoms with Crippen LogP contribution in [0.5, 0.6) is 0 Å². The van der Waals surface area contributed by atoms with E-state index in [2.05, 4.69) is 4.90 Å². The Hall–Kier alpha value is -2.30. The van der Waals surface area contributed by atoms with Crippen LogP contribution in [-0.2, 0) is 12.8 Å². The summed E-state index contributed by atoms with van der Waals surface area (Å²) in [4.78, 5) is 25.3. The fraction of sp³-hybridized carbons (Fsp3) is 0.444. The molecule has 0 spiro atoms. The molecule has 122 valence electrons. The van der Waals surface area contributed by atoms with E-state index in [1.165, 1.54) is 17.3 Å². The minimum absolute atomic E-state index is 0.293. The van der Waals surface area contributed by atoms with Gasteiger partial charge in [0.05, 0.1) is 0 Å². The van der Waals surface area contributed by atoms with Crippen molar-refractivity contribution >= 4 is 22.6 Å². The van der Waals surface area contributed by atoms with Crippen LogP contribution >= 0.6 is 0 Å². The summed E-state index contributed by atoms with van der Waals surface area (Å²) in [5, 5.41) is 9.80. The van der Waals surface area contributed by atoms with Crippen molar-refractivity contribution in [2.75, 3.05) is 18.0 Å². The fourth-order valence-electron chi connectivity index (χ4n) is 3.60. The molecule has 0 radical (unpaired) electrons. The third kappa shape index (κ3) is 2.50. The highest BCUT2D eigenvalue weighted by atomic mass is 16.4. The average Bonchev–Trinajstić information content (AvgIpc) is 2.57. The molecule has 2 aromatic rings. The third-order valence-electron chi connectivity index (χ3n) is 4.45. The van der Waals surface area contributed by atoms with Gasteiger partial charge in [-0.05, 0) is 43.4 Å². The largest absolute Gasteiger partial charge is 0.477 e. The van der Waals surface area contributed by atoms with Gasteiger partial charge in [-0.1, -0.05) is 13.8 Å². The van der Waals surface area contributed by atoms with Crippen molar-refractivity contribution < 1.29 is 14.3 Å². The van der Waals surface area contributed by atoms with Crippen molar-refractivity contribution in [3.8, 4) is 0 Å². The predicted molar refractivity (Wildman–Crippen MR) is 89.6 cm³/mol. The molecular formula is C18H21NO4. The Labute approximate surface area is 134 Å². The second-order valence-corrected chi connectivity index (χ2v) is 5.73. The van der Waals surface area contributed by atoms with E-state index >= 15 is 0 Å². The molecule has 2 aliphatic heterocycles. The molecule has 2 aliphatic rings. The van der Waals surface area contributed by atoms with Crippen molar-refractivity contribution in [1.29, 1.82) is 0 Å². The molecule has 1 aromatic carbocycles. The van der Waals surface area contributed by atoms with Gasteiger partial charge in [0, 0.05) is 29.7 Å². The van der Waals surface area contributed by atoms with Crippen LogP contribution in [-0.4, -0.2) is 24.2 Å². The standard InChI is InChI=1S/C16H15NO4.C2H6/c18-15(19)12-8-10-7-9-3-1-5-17-6-2-4-11(13(9)17)14(10)21-16(12)20;1-2/h7-8H,1-6H2,(H,18,19);1-2H3. The molecule has 0 fully saturated rings. The van der Waals surface area contributed by atoms with Crippen LogP contribution < -0.4 is 10.5 Å². The van der Waals surface area contributed by atoms with E-state index in [0.717, 1.165) is 49.7 Å². The first-order valence-corrected chi connectivity index (χ1v) is 8.26. The van der Waals surface area contributed by atoms with E-state index in [9.17, 15) is 9.59 Å². The molecule has 4 rings (SSSR count). The molecule has 3 heterocycles. The van der Waals surface area contributed by atoms with Gasteiger partial charge in [0.15, 0.2) is 0 Å². The summed E-state index contributed by atoms with van der Waals surface area (Å²) < 4.78 is 5.36. The second-order valence-electron chi connectivity index (χ2n) is 5.73. The molecule has 0 saturated carbocycles. The highest BCUT2D eigenvalue weighted by Crippen LogP contribution is 2.39. The summed E-state index contributed by atoms with van der Waals surface area (Å²) in [6.07, 6.45) is 4.03. The van der Waals surface area contributed by atoms with Crippen LogP contribution in [0.15, 0.2) is 21.3 Å². The first kappa shape index (κ1) is 15.6. The quantitative estimate of drug-likeness (QED) is 0.818. The van der Waals surface area contributed by atoms with Crippen molar-refractivity contribution in [2.24, 2.45) is 0 Å². The highest BCUT2D eigenvalue weighted by molar-refractivity contribution is 5.94. The fourth-order valence-corrected chi connectivity index (χ4v) is 3.60. The number of nitrogens with zero attached hydrogens (tertiary/aromatic N) is 1. The number of anilines is 1. The SMILES string of the molecule is CC.O=C(O)c1cc2cc3c4c(c2oc1=O)CCCN4CCC3. The van der Waals surface area contributed by atoms with Crippen LogP contribution in [0.25, 0.3) is 11.0 Å². The first-order valence-electron chi connectivity index (χ1n) is 8.26. The summed E-state index contributed by atoms with van der Waals surface area (Å²) in [5.41, 5.74) is 3.04. The van der Waals surface area contributed by atoms with Crippen molar-refractivity contribution in [3.05, 3.63) is 39.2 Å². The van der Waals surface area contributed by atoms with Gasteiger partial charge >= 0.3 is 11.6 Å². The lowest BCUT2D eigenvalue weighted by Crippen LogP contribution is -2.34. The molecule has 5 heteroatoms. The molecule has 0 saturated heterocycles. The topological polar surface area (TPSA) is 70.7 Å². The molecule has 0 aliphatic carbocycles. The number of hydrogen-bond donors (Lipinski definition) is 1. The minimum atomic E-state index is -1.24. The van der Waals surface area contributed by atoms with Crippen molar-refractivity contribution in [3.63, 3.8) is 0 Å². The number of carboxylic acids is 1. The molecule has 5 nitrogen and oxygen atoms in total. The van der Waals surface area contributed by atoms with Gasteiger partial charge in [-0.25, -0.2) is 9.59 Å². The maximum absolute atomic E-state index is 11.8. The number of fused-ring (bicyclic) bond motifs is 2. The molecule has 0 unspecified atom stereocenters. The maximum atomic E-state index is 11.8. The molecule has 1 N–H and O–H groups in total. The zero-order valence-corrected chi connectivity index (χ0v) is 13.5. The Morgan fingerprint density at radius 3 is 2.57 bits per heavy atom. The Kier molecular flexibility index (Phi) is 4.11.